The quantitative estimate of drug-likeness (QED) is 0.657. The van der Waals surface area contributed by atoms with Gasteiger partial charge in [0.05, 0.1) is 0 Å². The first kappa shape index (κ1) is 20.1. The van der Waals surface area contributed by atoms with Gasteiger partial charge in [0.15, 0.2) is 17.0 Å². The summed E-state index contributed by atoms with van der Waals surface area (Å²) in [6, 6.07) is 6.27. The molecule has 1 aliphatic rings. The molecule has 8 heteroatoms. The van der Waals surface area contributed by atoms with Crippen LogP contribution < -0.4 is 5.73 Å². The summed E-state index contributed by atoms with van der Waals surface area (Å²) in [6.45, 7) is 2.69. The van der Waals surface area contributed by atoms with Crippen LogP contribution in [-0.4, -0.2) is 30.2 Å². The third-order valence-corrected chi connectivity index (χ3v) is 4.74. The second-order valence-corrected chi connectivity index (χ2v) is 6.84. The van der Waals surface area contributed by atoms with Crippen LogP contribution in [0.25, 0.3) is 22.6 Å². The molecule has 28 heavy (non-hydrogen) atoms. The Morgan fingerprint density at radius 2 is 2.07 bits per heavy atom. The van der Waals surface area contributed by atoms with Crippen LogP contribution in [-0.2, 0) is 6.54 Å². The summed E-state index contributed by atoms with van der Waals surface area (Å²) in [5.74, 6) is 6.43. The number of nitrogens with two attached hydrogens (primary N) is 1. The molecular formula is C20H21ClFN5O. The smallest absolute Gasteiger partial charge is 0.209 e. The molecule has 2 heterocycles. The van der Waals surface area contributed by atoms with E-state index in [1.165, 1.54) is 12.1 Å². The monoisotopic (exact) mass is 401 g/mol. The zero-order chi connectivity index (χ0) is 19.0. The van der Waals surface area contributed by atoms with Crippen LogP contribution in [0.2, 0.25) is 0 Å². The van der Waals surface area contributed by atoms with Crippen LogP contribution >= 0.6 is 12.4 Å². The molecule has 6 nitrogen and oxygen atoms in total. The Hall–Kier alpha value is -2.69. The number of hydrogen-bond donors (Lipinski definition) is 2. The van der Waals surface area contributed by atoms with Crippen molar-refractivity contribution < 1.29 is 9.50 Å². The van der Waals surface area contributed by atoms with Crippen molar-refractivity contribution in [1.82, 2.24) is 19.5 Å². The predicted molar refractivity (Wildman–Crippen MR) is 108 cm³/mol. The normalized spacial score (nSPS) is 14.7. The van der Waals surface area contributed by atoms with E-state index in [-0.39, 0.29) is 29.9 Å². The molecule has 0 radical (unpaired) electrons. The lowest BCUT2D eigenvalue weighted by Gasteiger charge is -2.30. The molecule has 3 N–H and O–H groups in total. The number of hydrogen-bond acceptors (Lipinski definition) is 5. The maximum Gasteiger partial charge on any atom is 0.209 e. The average molecular weight is 402 g/mol. The second-order valence-electron chi connectivity index (χ2n) is 6.84. The average Bonchev–Trinajstić information content (AvgIpc) is 2.98. The maximum absolute atomic E-state index is 13.7. The minimum atomic E-state index is -0.941. The van der Waals surface area contributed by atoms with Crippen molar-refractivity contribution in [1.29, 1.82) is 0 Å². The van der Waals surface area contributed by atoms with Gasteiger partial charge in [0.2, 0.25) is 5.82 Å². The number of aliphatic hydroxyl groups is 1. The lowest BCUT2D eigenvalue weighted by molar-refractivity contribution is 0.0239. The molecule has 1 fully saturated rings. The molecule has 1 aromatic carbocycles. The second kappa shape index (κ2) is 7.74. The minimum Gasteiger partial charge on any atom is -0.382 e. The van der Waals surface area contributed by atoms with Crippen molar-refractivity contribution in [2.45, 2.75) is 44.8 Å². The maximum atomic E-state index is 13.7. The van der Waals surface area contributed by atoms with Gasteiger partial charge in [0.25, 0.3) is 0 Å². The highest BCUT2D eigenvalue weighted by Gasteiger charge is 2.32. The molecule has 0 atom stereocenters. The van der Waals surface area contributed by atoms with Gasteiger partial charge in [-0.1, -0.05) is 25.0 Å². The highest BCUT2D eigenvalue weighted by atomic mass is 35.5. The lowest BCUT2D eigenvalue weighted by Crippen LogP contribution is -2.34. The Morgan fingerprint density at radius 3 is 2.71 bits per heavy atom. The molecule has 1 saturated carbocycles. The van der Waals surface area contributed by atoms with E-state index in [4.69, 9.17) is 5.73 Å². The Morgan fingerprint density at radius 1 is 1.29 bits per heavy atom. The first-order valence-electron chi connectivity index (χ1n) is 9.04. The van der Waals surface area contributed by atoms with Crippen LogP contribution in [0.15, 0.2) is 24.3 Å². The number of nitrogens with zero attached hydrogens (tertiary/aromatic N) is 4. The largest absolute Gasteiger partial charge is 0.382 e. The fourth-order valence-electron chi connectivity index (χ4n) is 3.17. The fourth-order valence-corrected chi connectivity index (χ4v) is 3.17. The van der Waals surface area contributed by atoms with Crippen LogP contribution in [0.3, 0.4) is 0 Å². The third kappa shape index (κ3) is 3.66. The van der Waals surface area contributed by atoms with E-state index in [2.05, 4.69) is 26.8 Å². The minimum absolute atomic E-state index is 0. The van der Waals surface area contributed by atoms with Crippen molar-refractivity contribution in [3.05, 3.63) is 35.9 Å². The first-order chi connectivity index (χ1) is 13.0. The van der Waals surface area contributed by atoms with Crippen LogP contribution in [0.4, 0.5) is 10.2 Å². The Kier molecular flexibility index (Phi) is 5.54. The first-order valence-corrected chi connectivity index (χ1v) is 9.04. The van der Waals surface area contributed by atoms with Gasteiger partial charge in [-0.15, -0.1) is 12.4 Å². The number of nitrogen functional groups attached to an aromatic ring is 1. The van der Waals surface area contributed by atoms with Gasteiger partial charge >= 0.3 is 0 Å². The standard InChI is InChI=1S/C20H20FN5O.ClH/c1-2-11-26-18(13-5-3-6-14(21)12-13)25-16-17(22)23-15(24-19(16)26)7-10-20(27)8-4-9-20;/h3,5-6,12,27H,2,4,8-9,11H2,1H3,(H2,22,23,24);1H. The SMILES string of the molecule is CCCn1c(-c2cccc(F)c2)nc2c(N)nc(C#CC3(O)CCC3)nc21.Cl. The van der Waals surface area contributed by atoms with Gasteiger partial charge in [-0.05, 0) is 43.7 Å². The number of imidazole rings is 1. The topological polar surface area (TPSA) is 89.9 Å². The van der Waals surface area contributed by atoms with Gasteiger partial charge in [0, 0.05) is 12.1 Å². The molecule has 4 rings (SSSR count). The molecular weight excluding hydrogens is 381 g/mol. The van der Waals surface area contributed by atoms with Crippen molar-refractivity contribution in [3.8, 4) is 23.2 Å². The number of rotatable bonds is 3. The van der Waals surface area contributed by atoms with E-state index in [0.717, 1.165) is 12.8 Å². The van der Waals surface area contributed by atoms with Crippen LogP contribution in [0.1, 0.15) is 38.4 Å². The van der Waals surface area contributed by atoms with Crippen molar-refractivity contribution in [3.63, 3.8) is 0 Å². The van der Waals surface area contributed by atoms with E-state index in [9.17, 15) is 9.50 Å². The molecule has 3 aromatic rings. The molecule has 0 bridgehead atoms. The summed E-state index contributed by atoms with van der Waals surface area (Å²) in [7, 11) is 0. The number of anilines is 1. The number of benzene rings is 1. The molecule has 0 amide bonds. The highest BCUT2D eigenvalue weighted by molar-refractivity contribution is 5.86. The molecule has 0 unspecified atom stereocenters. The molecule has 0 saturated heterocycles. The van der Waals surface area contributed by atoms with Crippen LogP contribution in [0, 0.1) is 17.7 Å². The number of aryl methyl sites for hydroxylation is 1. The van der Waals surface area contributed by atoms with Crippen molar-refractivity contribution >= 4 is 29.4 Å². The van der Waals surface area contributed by atoms with Gasteiger partial charge in [-0.2, -0.15) is 0 Å². The van der Waals surface area contributed by atoms with Gasteiger partial charge in [-0.3, -0.25) is 0 Å². The summed E-state index contributed by atoms with van der Waals surface area (Å²) in [5, 5.41) is 10.2. The fraction of sp³-hybridized carbons (Fsp3) is 0.350. The van der Waals surface area contributed by atoms with Crippen molar-refractivity contribution in [2.75, 3.05) is 5.73 Å². The zero-order valence-electron chi connectivity index (χ0n) is 15.4. The zero-order valence-corrected chi connectivity index (χ0v) is 16.3. The van der Waals surface area contributed by atoms with E-state index in [1.54, 1.807) is 12.1 Å². The van der Waals surface area contributed by atoms with E-state index < -0.39 is 5.60 Å². The Labute approximate surface area is 168 Å². The van der Waals surface area contributed by atoms with E-state index in [0.29, 0.717) is 41.9 Å². The summed E-state index contributed by atoms with van der Waals surface area (Å²) in [6.07, 6.45) is 3.14. The summed E-state index contributed by atoms with van der Waals surface area (Å²) >= 11 is 0. The molecule has 2 aromatic heterocycles. The van der Waals surface area contributed by atoms with E-state index in [1.807, 2.05) is 11.5 Å². The lowest BCUT2D eigenvalue weighted by atomic mass is 9.81. The van der Waals surface area contributed by atoms with Gasteiger partial charge < -0.3 is 15.4 Å². The molecule has 0 aliphatic heterocycles. The highest BCUT2D eigenvalue weighted by Crippen LogP contribution is 2.31. The predicted octanol–water partition coefficient (Wildman–Crippen LogP) is 3.31. The third-order valence-electron chi connectivity index (χ3n) is 4.74. The summed E-state index contributed by atoms with van der Waals surface area (Å²) in [5.41, 5.74) is 6.84. The van der Waals surface area contributed by atoms with Gasteiger partial charge in [-0.25, -0.2) is 19.3 Å². The Balaban J connectivity index is 0.00000225. The van der Waals surface area contributed by atoms with Gasteiger partial charge in [0.1, 0.15) is 17.2 Å². The summed E-state index contributed by atoms with van der Waals surface area (Å²) in [4.78, 5) is 13.3. The van der Waals surface area contributed by atoms with Crippen molar-refractivity contribution in [2.24, 2.45) is 0 Å². The summed E-state index contributed by atoms with van der Waals surface area (Å²) < 4.78 is 15.6. The van der Waals surface area contributed by atoms with Crippen LogP contribution in [0.5, 0.6) is 0 Å². The number of fused-ring (bicyclic) bond motifs is 1. The number of halogens is 2. The molecule has 1 aliphatic carbocycles. The Bertz CT molecular complexity index is 1080. The molecule has 146 valence electrons. The molecule has 0 spiro atoms. The van der Waals surface area contributed by atoms with E-state index >= 15 is 0 Å². The number of aromatic nitrogens is 4.